The Balaban J connectivity index is 2.08. The fourth-order valence-electron chi connectivity index (χ4n) is 3.01. The highest BCUT2D eigenvalue weighted by molar-refractivity contribution is 9.10. The Morgan fingerprint density at radius 1 is 1.10 bits per heavy atom. The second-order valence-electron chi connectivity index (χ2n) is 6.54. The molecule has 1 aliphatic heterocycles. The molecule has 0 saturated carbocycles. The summed E-state index contributed by atoms with van der Waals surface area (Å²) >= 11 is 3.26. The van der Waals surface area contributed by atoms with Gasteiger partial charge in [0.1, 0.15) is 0 Å². The lowest BCUT2D eigenvalue weighted by Gasteiger charge is -2.29. The first kappa shape index (κ1) is 21.1. The minimum absolute atomic E-state index is 0.00547. The summed E-state index contributed by atoms with van der Waals surface area (Å²) in [6, 6.07) is 11.9. The summed E-state index contributed by atoms with van der Waals surface area (Å²) in [5, 5.41) is 5.14. The van der Waals surface area contributed by atoms with Crippen LogP contribution in [-0.4, -0.2) is 33.3 Å². The van der Waals surface area contributed by atoms with E-state index in [-0.39, 0.29) is 16.2 Å². The number of urea groups is 1. The van der Waals surface area contributed by atoms with Crippen LogP contribution in [0.3, 0.4) is 0 Å². The van der Waals surface area contributed by atoms with Crippen LogP contribution in [0.5, 0.6) is 0 Å². The second kappa shape index (κ2) is 8.38. The average molecular weight is 479 g/mol. The van der Waals surface area contributed by atoms with Crippen molar-refractivity contribution < 1.29 is 22.7 Å². The number of sulfone groups is 1. The number of hydrogen-bond donors (Lipinski definition) is 2. The van der Waals surface area contributed by atoms with E-state index in [4.69, 9.17) is 4.74 Å². The largest absolute Gasteiger partial charge is 0.466 e. The molecular formula is C20H19BrN2O5S. The van der Waals surface area contributed by atoms with Crippen molar-refractivity contribution >= 4 is 37.8 Å². The lowest BCUT2D eigenvalue weighted by Crippen LogP contribution is -2.47. The maximum absolute atomic E-state index is 12.9. The Morgan fingerprint density at radius 2 is 1.72 bits per heavy atom. The molecule has 152 valence electrons. The quantitative estimate of drug-likeness (QED) is 0.643. The molecule has 3 rings (SSSR count). The van der Waals surface area contributed by atoms with Gasteiger partial charge in [-0.25, -0.2) is 18.0 Å². The molecule has 0 unspecified atom stereocenters. The van der Waals surface area contributed by atoms with Crippen LogP contribution in [0.2, 0.25) is 0 Å². The molecule has 0 spiro atoms. The van der Waals surface area contributed by atoms with E-state index in [1.54, 1.807) is 24.3 Å². The predicted molar refractivity (Wildman–Crippen MR) is 111 cm³/mol. The van der Waals surface area contributed by atoms with Crippen LogP contribution in [0.1, 0.15) is 17.2 Å². The zero-order valence-corrected chi connectivity index (χ0v) is 18.1. The molecule has 0 saturated heterocycles. The molecule has 0 bridgehead atoms. The molecule has 7 nitrogen and oxygen atoms in total. The number of hydrogen-bond acceptors (Lipinski definition) is 5. The number of esters is 1. The van der Waals surface area contributed by atoms with E-state index in [9.17, 15) is 18.0 Å². The molecule has 0 fully saturated rings. The van der Waals surface area contributed by atoms with Crippen LogP contribution in [0, 0.1) is 6.92 Å². The van der Waals surface area contributed by atoms with Gasteiger partial charge in [0.05, 0.1) is 29.4 Å². The fourth-order valence-corrected chi connectivity index (χ4v) is 4.60. The van der Waals surface area contributed by atoms with Gasteiger partial charge in [-0.2, -0.15) is 0 Å². The van der Waals surface area contributed by atoms with Gasteiger partial charge in [0, 0.05) is 10.2 Å². The van der Waals surface area contributed by atoms with E-state index < -0.39 is 33.6 Å². The third-order valence-electron chi connectivity index (χ3n) is 4.48. The normalized spacial score (nSPS) is 16.8. The van der Waals surface area contributed by atoms with Crippen molar-refractivity contribution in [3.8, 4) is 0 Å². The van der Waals surface area contributed by atoms with Gasteiger partial charge < -0.3 is 15.4 Å². The Morgan fingerprint density at radius 3 is 2.31 bits per heavy atom. The SMILES string of the molecule is COC(=O)C1=C(CS(=O)(=O)c2ccc(Br)cc2)NC(=O)N[C@@H]1c1ccc(C)cc1. The van der Waals surface area contributed by atoms with Crippen molar-refractivity contribution in [3.05, 3.63) is 75.4 Å². The van der Waals surface area contributed by atoms with E-state index in [2.05, 4.69) is 26.6 Å². The average Bonchev–Trinajstić information content (AvgIpc) is 2.67. The molecule has 2 aromatic rings. The first-order chi connectivity index (χ1) is 13.7. The van der Waals surface area contributed by atoms with Crippen molar-refractivity contribution in [1.29, 1.82) is 0 Å². The highest BCUT2D eigenvalue weighted by Crippen LogP contribution is 2.29. The molecule has 1 atom stereocenters. The maximum Gasteiger partial charge on any atom is 0.338 e. The Kier molecular flexibility index (Phi) is 6.09. The number of aryl methyl sites for hydroxylation is 1. The van der Waals surface area contributed by atoms with Crippen molar-refractivity contribution in [1.82, 2.24) is 10.6 Å². The molecule has 29 heavy (non-hydrogen) atoms. The van der Waals surface area contributed by atoms with Crippen molar-refractivity contribution in [2.24, 2.45) is 0 Å². The number of benzene rings is 2. The van der Waals surface area contributed by atoms with Gasteiger partial charge in [-0.05, 0) is 36.8 Å². The van der Waals surface area contributed by atoms with Gasteiger partial charge >= 0.3 is 12.0 Å². The van der Waals surface area contributed by atoms with Gasteiger partial charge in [0.15, 0.2) is 9.84 Å². The van der Waals surface area contributed by atoms with Gasteiger partial charge in [-0.1, -0.05) is 45.8 Å². The number of methoxy groups -OCH3 is 1. The Hall–Kier alpha value is -2.65. The molecule has 2 amide bonds. The van der Waals surface area contributed by atoms with Crippen molar-refractivity contribution in [3.63, 3.8) is 0 Å². The zero-order valence-electron chi connectivity index (χ0n) is 15.7. The Bertz CT molecular complexity index is 1080. The lowest BCUT2D eigenvalue weighted by atomic mass is 9.95. The number of halogens is 1. The number of amides is 2. The molecule has 2 aromatic carbocycles. The molecule has 9 heteroatoms. The maximum atomic E-state index is 12.9. The Labute approximate surface area is 177 Å². The van der Waals surface area contributed by atoms with E-state index in [0.717, 1.165) is 10.0 Å². The highest BCUT2D eigenvalue weighted by Gasteiger charge is 2.35. The minimum Gasteiger partial charge on any atom is -0.466 e. The number of nitrogens with one attached hydrogen (secondary N) is 2. The molecular weight excluding hydrogens is 460 g/mol. The topological polar surface area (TPSA) is 102 Å². The predicted octanol–water partition coefficient (Wildman–Crippen LogP) is 3.01. The monoisotopic (exact) mass is 478 g/mol. The van der Waals surface area contributed by atoms with Crippen LogP contribution in [-0.2, 0) is 19.4 Å². The number of ether oxygens (including phenoxy) is 1. The summed E-state index contributed by atoms with van der Waals surface area (Å²) in [7, 11) is -2.61. The highest BCUT2D eigenvalue weighted by atomic mass is 79.9. The van der Waals surface area contributed by atoms with Crippen LogP contribution < -0.4 is 10.6 Å². The number of carbonyl (C=O) groups excluding carboxylic acids is 2. The van der Waals surface area contributed by atoms with E-state index in [1.807, 2.05) is 19.1 Å². The van der Waals surface area contributed by atoms with Crippen LogP contribution in [0.4, 0.5) is 4.79 Å². The fraction of sp³-hybridized carbons (Fsp3) is 0.200. The van der Waals surface area contributed by atoms with Gasteiger partial charge in [0.25, 0.3) is 0 Å². The van der Waals surface area contributed by atoms with Crippen molar-refractivity contribution in [2.45, 2.75) is 17.9 Å². The zero-order chi connectivity index (χ0) is 21.2. The summed E-state index contributed by atoms with van der Waals surface area (Å²) in [5.41, 5.74) is 1.70. The third-order valence-corrected chi connectivity index (χ3v) is 6.66. The standard InChI is InChI=1S/C20H19BrN2O5S/c1-12-3-5-13(6-4-12)18-17(19(24)28-2)16(22-20(25)23-18)11-29(26,27)15-9-7-14(21)8-10-15/h3-10,18H,11H2,1-2H3,(H2,22,23,25)/t18-/m1/s1. The first-order valence-electron chi connectivity index (χ1n) is 8.65. The molecule has 2 N–H and O–H groups in total. The summed E-state index contributed by atoms with van der Waals surface area (Å²) in [6.45, 7) is 1.91. The molecule has 0 aromatic heterocycles. The summed E-state index contributed by atoms with van der Waals surface area (Å²) in [5.74, 6) is -1.27. The van der Waals surface area contributed by atoms with Crippen molar-refractivity contribution in [2.75, 3.05) is 12.9 Å². The third kappa shape index (κ3) is 4.68. The van der Waals surface area contributed by atoms with Gasteiger partial charge in [-0.15, -0.1) is 0 Å². The number of carbonyl (C=O) groups is 2. The summed E-state index contributed by atoms with van der Waals surface area (Å²) in [4.78, 5) is 24.8. The summed E-state index contributed by atoms with van der Waals surface area (Å²) in [6.07, 6.45) is 0. The second-order valence-corrected chi connectivity index (χ2v) is 9.44. The molecule has 1 heterocycles. The van der Waals surface area contributed by atoms with E-state index >= 15 is 0 Å². The minimum atomic E-state index is -3.82. The number of rotatable bonds is 5. The molecule has 0 radical (unpaired) electrons. The molecule has 1 aliphatic rings. The van der Waals surface area contributed by atoms with Crippen LogP contribution in [0.15, 0.2) is 69.2 Å². The van der Waals surface area contributed by atoms with Crippen LogP contribution >= 0.6 is 15.9 Å². The summed E-state index contributed by atoms with van der Waals surface area (Å²) < 4.78 is 31.4. The van der Waals surface area contributed by atoms with E-state index in [0.29, 0.717) is 5.56 Å². The van der Waals surface area contributed by atoms with Gasteiger partial charge in [0.2, 0.25) is 0 Å². The first-order valence-corrected chi connectivity index (χ1v) is 11.1. The van der Waals surface area contributed by atoms with Gasteiger partial charge in [-0.3, -0.25) is 0 Å². The van der Waals surface area contributed by atoms with E-state index in [1.165, 1.54) is 19.2 Å². The molecule has 0 aliphatic carbocycles. The van der Waals surface area contributed by atoms with Crippen LogP contribution in [0.25, 0.3) is 0 Å². The smallest absolute Gasteiger partial charge is 0.338 e. The lowest BCUT2D eigenvalue weighted by molar-refractivity contribution is -0.136.